The van der Waals surface area contributed by atoms with E-state index in [1.807, 2.05) is 6.07 Å². The van der Waals surface area contributed by atoms with Crippen molar-refractivity contribution in [1.29, 1.82) is 0 Å². The lowest BCUT2D eigenvalue weighted by Gasteiger charge is -2.42. The highest BCUT2D eigenvalue weighted by molar-refractivity contribution is 7.10. The molecule has 0 unspecified atom stereocenters. The van der Waals surface area contributed by atoms with Gasteiger partial charge in [0.15, 0.2) is 8.32 Å². The van der Waals surface area contributed by atoms with Gasteiger partial charge < -0.3 is 14.8 Å². The smallest absolute Gasteiger partial charge is 0.224 e. The standard InChI is InChI=1S/C26H38N2O3SSi/c1-26(2,3)33(4,5)31-23(19-8-10-21-18(15-19)9-11-25(30)27-21)17-28-13-12-20(22(29)16-28)24-7-6-14-32-24/h6-8,10,14-15,20,22-23,29H,9,11-13,16-17H2,1-5H3,(H,27,30)/t20-,22-,23-/m0/s1. The predicted molar refractivity (Wildman–Crippen MR) is 139 cm³/mol. The summed E-state index contributed by atoms with van der Waals surface area (Å²) in [5.74, 6) is 0.320. The Labute approximate surface area is 203 Å². The molecule has 3 atom stereocenters. The normalized spacial score (nSPS) is 23.2. The van der Waals surface area contributed by atoms with Crippen molar-refractivity contribution in [3.8, 4) is 0 Å². The molecule has 33 heavy (non-hydrogen) atoms. The molecule has 0 saturated carbocycles. The van der Waals surface area contributed by atoms with E-state index in [9.17, 15) is 9.90 Å². The second-order valence-electron chi connectivity index (χ2n) is 11.1. The topological polar surface area (TPSA) is 61.8 Å². The Morgan fingerprint density at radius 3 is 2.73 bits per heavy atom. The number of hydrogen-bond acceptors (Lipinski definition) is 5. The van der Waals surface area contributed by atoms with Crippen LogP contribution in [0.15, 0.2) is 35.7 Å². The molecule has 3 heterocycles. The first-order valence-electron chi connectivity index (χ1n) is 12.1. The number of carbonyl (C=O) groups is 1. The first-order chi connectivity index (χ1) is 15.5. The summed E-state index contributed by atoms with van der Waals surface area (Å²) in [5.41, 5.74) is 3.28. The van der Waals surface area contributed by atoms with E-state index in [0.29, 0.717) is 13.0 Å². The van der Waals surface area contributed by atoms with Crippen molar-refractivity contribution in [2.75, 3.05) is 25.0 Å². The summed E-state index contributed by atoms with van der Waals surface area (Å²) in [7, 11) is -2.01. The molecule has 1 saturated heterocycles. The number of aliphatic hydroxyl groups is 1. The lowest BCUT2D eigenvalue weighted by atomic mass is 9.92. The van der Waals surface area contributed by atoms with Gasteiger partial charge in [-0.1, -0.05) is 39.0 Å². The van der Waals surface area contributed by atoms with Gasteiger partial charge in [-0.05, 0) is 66.2 Å². The summed E-state index contributed by atoms with van der Waals surface area (Å²) in [6.45, 7) is 13.8. The van der Waals surface area contributed by atoms with Crippen LogP contribution in [0.5, 0.6) is 0 Å². The summed E-state index contributed by atoms with van der Waals surface area (Å²) in [4.78, 5) is 15.4. The van der Waals surface area contributed by atoms with Crippen LogP contribution in [0.3, 0.4) is 0 Å². The number of aliphatic hydroxyl groups excluding tert-OH is 1. The van der Waals surface area contributed by atoms with Crippen LogP contribution < -0.4 is 5.32 Å². The number of piperidine rings is 1. The molecule has 1 amide bonds. The zero-order valence-corrected chi connectivity index (χ0v) is 22.4. The zero-order chi connectivity index (χ0) is 23.8. The summed E-state index contributed by atoms with van der Waals surface area (Å²) in [6.07, 6.45) is 1.85. The van der Waals surface area contributed by atoms with E-state index in [-0.39, 0.29) is 29.1 Å². The van der Waals surface area contributed by atoms with Crippen LogP contribution >= 0.6 is 11.3 Å². The third-order valence-electron chi connectivity index (χ3n) is 7.64. The van der Waals surface area contributed by atoms with Crippen molar-refractivity contribution < 1.29 is 14.3 Å². The van der Waals surface area contributed by atoms with Crippen molar-refractivity contribution in [3.63, 3.8) is 0 Å². The number of carbonyl (C=O) groups excluding carboxylic acids is 1. The van der Waals surface area contributed by atoms with Gasteiger partial charge >= 0.3 is 0 Å². The molecular weight excluding hydrogens is 448 g/mol. The van der Waals surface area contributed by atoms with E-state index in [0.717, 1.165) is 31.6 Å². The van der Waals surface area contributed by atoms with Gasteiger partial charge in [0, 0.05) is 36.0 Å². The van der Waals surface area contributed by atoms with Crippen LogP contribution in [0.2, 0.25) is 18.1 Å². The van der Waals surface area contributed by atoms with Gasteiger partial charge in [0.05, 0.1) is 12.2 Å². The molecule has 2 aromatic rings. The number of anilines is 1. The molecule has 1 fully saturated rings. The van der Waals surface area contributed by atoms with E-state index in [4.69, 9.17) is 4.43 Å². The second-order valence-corrected chi connectivity index (χ2v) is 16.8. The lowest BCUT2D eigenvalue weighted by molar-refractivity contribution is -0.116. The van der Waals surface area contributed by atoms with Crippen molar-refractivity contribution >= 4 is 31.2 Å². The number of nitrogens with one attached hydrogen (secondary N) is 1. The molecule has 4 rings (SSSR count). The van der Waals surface area contributed by atoms with Crippen LogP contribution in [0.1, 0.15) is 61.6 Å². The molecule has 1 aromatic carbocycles. The monoisotopic (exact) mass is 486 g/mol. The first-order valence-corrected chi connectivity index (χ1v) is 15.9. The highest BCUT2D eigenvalue weighted by Crippen LogP contribution is 2.41. The molecule has 7 heteroatoms. The van der Waals surface area contributed by atoms with Gasteiger partial charge in [-0.3, -0.25) is 9.69 Å². The number of benzene rings is 1. The van der Waals surface area contributed by atoms with Crippen molar-refractivity contribution in [2.24, 2.45) is 0 Å². The Morgan fingerprint density at radius 2 is 2.06 bits per heavy atom. The van der Waals surface area contributed by atoms with Crippen LogP contribution in [-0.2, 0) is 15.6 Å². The molecule has 0 spiro atoms. The Morgan fingerprint density at radius 1 is 1.27 bits per heavy atom. The lowest BCUT2D eigenvalue weighted by Crippen LogP contribution is -2.47. The molecule has 180 valence electrons. The molecule has 0 radical (unpaired) electrons. The van der Waals surface area contributed by atoms with Crippen molar-refractivity contribution in [2.45, 2.75) is 76.3 Å². The number of thiophene rings is 1. The Kier molecular flexibility index (Phi) is 7.17. The summed E-state index contributed by atoms with van der Waals surface area (Å²) in [6, 6.07) is 10.6. The molecule has 5 nitrogen and oxygen atoms in total. The average molecular weight is 487 g/mol. The number of fused-ring (bicyclic) bond motifs is 1. The molecular formula is C26H38N2O3SSi. The second kappa shape index (κ2) is 9.62. The molecule has 2 N–H and O–H groups in total. The first kappa shape index (κ1) is 24.6. The van der Waals surface area contributed by atoms with Crippen molar-refractivity contribution in [3.05, 3.63) is 51.7 Å². The number of β-amino-alcohol motifs (C(OH)–C–C–N with tert-alkyl or cyclic N) is 1. The minimum Gasteiger partial charge on any atom is -0.409 e. The summed E-state index contributed by atoms with van der Waals surface area (Å²) in [5, 5.41) is 16.1. The van der Waals surface area contributed by atoms with Gasteiger partial charge in [-0.15, -0.1) is 11.3 Å². The SMILES string of the molecule is CC(C)(C)[Si](C)(C)O[C@@H](CN1CC[C@H](c2cccs2)[C@@H](O)C1)c1ccc2c(c1)CCC(=O)N2. The zero-order valence-electron chi connectivity index (χ0n) is 20.6. The van der Waals surface area contributed by atoms with Gasteiger partial charge in [-0.25, -0.2) is 0 Å². The fraction of sp³-hybridized carbons (Fsp3) is 0.577. The number of rotatable bonds is 6. The maximum absolute atomic E-state index is 11.8. The van der Waals surface area contributed by atoms with E-state index < -0.39 is 8.32 Å². The van der Waals surface area contributed by atoms with Gasteiger partial charge in [0.1, 0.15) is 0 Å². The highest BCUT2D eigenvalue weighted by Gasteiger charge is 2.40. The van der Waals surface area contributed by atoms with Crippen LogP contribution in [-0.4, -0.2) is 50.0 Å². The van der Waals surface area contributed by atoms with E-state index in [1.54, 1.807) is 11.3 Å². The van der Waals surface area contributed by atoms with Crippen molar-refractivity contribution in [1.82, 2.24) is 4.90 Å². The Hall–Kier alpha value is -1.51. The largest absolute Gasteiger partial charge is 0.409 e. The predicted octanol–water partition coefficient (Wildman–Crippen LogP) is 5.55. The van der Waals surface area contributed by atoms with Crippen LogP contribution in [0.4, 0.5) is 5.69 Å². The highest BCUT2D eigenvalue weighted by atomic mass is 32.1. The van der Waals surface area contributed by atoms with E-state index in [1.165, 1.54) is 16.0 Å². The number of amides is 1. The third-order valence-corrected chi connectivity index (χ3v) is 13.1. The van der Waals surface area contributed by atoms with Gasteiger partial charge in [0.25, 0.3) is 0 Å². The molecule has 1 aromatic heterocycles. The quantitative estimate of drug-likeness (QED) is 0.526. The molecule has 2 aliphatic rings. The maximum Gasteiger partial charge on any atom is 0.224 e. The summed E-state index contributed by atoms with van der Waals surface area (Å²) < 4.78 is 6.97. The fourth-order valence-corrected chi connectivity index (χ4v) is 6.77. The molecule has 2 aliphatic heterocycles. The van der Waals surface area contributed by atoms with Crippen LogP contribution in [0.25, 0.3) is 0 Å². The maximum atomic E-state index is 11.8. The fourth-order valence-electron chi connectivity index (χ4n) is 4.58. The Balaban J connectivity index is 1.54. The van der Waals surface area contributed by atoms with Crippen LogP contribution in [0, 0.1) is 0 Å². The number of nitrogens with zero attached hydrogens (tertiary/aromatic N) is 1. The number of likely N-dealkylation sites (tertiary alicyclic amines) is 1. The molecule has 0 bridgehead atoms. The minimum atomic E-state index is -2.01. The van der Waals surface area contributed by atoms with Gasteiger partial charge in [-0.2, -0.15) is 0 Å². The van der Waals surface area contributed by atoms with Gasteiger partial charge in [0.2, 0.25) is 5.91 Å². The third kappa shape index (κ3) is 5.60. The van der Waals surface area contributed by atoms with E-state index in [2.05, 4.69) is 73.7 Å². The minimum absolute atomic E-state index is 0.0562. The Bertz CT molecular complexity index is 970. The number of aryl methyl sites for hydroxylation is 1. The molecule has 0 aliphatic carbocycles. The number of hydrogen-bond donors (Lipinski definition) is 2. The average Bonchev–Trinajstić information content (AvgIpc) is 3.26. The summed E-state index contributed by atoms with van der Waals surface area (Å²) >= 11 is 1.74. The van der Waals surface area contributed by atoms with E-state index >= 15 is 0 Å².